The molecule has 0 spiro atoms. The van der Waals surface area contributed by atoms with E-state index in [4.69, 9.17) is 4.74 Å². The molecular weight excluding hydrogens is 316 g/mol. The maximum Gasteiger partial charge on any atom is 0.309 e. The van der Waals surface area contributed by atoms with Gasteiger partial charge in [-0.3, -0.25) is 4.79 Å². The quantitative estimate of drug-likeness (QED) is 0.570. The van der Waals surface area contributed by atoms with Crippen molar-refractivity contribution >= 4 is 21.8 Å². The molecule has 3 heteroatoms. The van der Waals surface area contributed by atoms with Gasteiger partial charge >= 0.3 is 5.97 Å². The first kappa shape index (κ1) is 16.3. The highest BCUT2D eigenvalue weighted by atomic mass is 32.2. The fourth-order valence-corrected chi connectivity index (χ4v) is 6.87. The number of ether oxygens (including phenoxy) is 1. The Morgan fingerprint density at radius 3 is 2.54 bits per heavy atom. The van der Waals surface area contributed by atoms with Gasteiger partial charge in [0.15, 0.2) is 4.91 Å². The van der Waals surface area contributed by atoms with Crippen molar-refractivity contribution in [3.8, 4) is 0 Å². The lowest BCUT2D eigenvalue weighted by Gasteiger charge is -2.27. The van der Waals surface area contributed by atoms with Gasteiger partial charge in [0, 0.05) is 28.4 Å². The molecule has 4 rings (SSSR count). The number of fused-ring (bicyclic) bond motifs is 1. The lowest BCUT2D eigenvalue weighted by Crippen LogP contribution is -2.24. The van der Waals surface area contributed by atoms with Crippen molar-refractivity contribution < 1.29 is 9.53 Å². The Bertz CT molecular complexity index is 624. The highest BCUT2D eigenvalue weighted by Gasteiger charge is 2.36. The number of carbonyl (C=O) groups excluding carboxylic acids is 1. The van der Waals surface area contributed by atoms with Crippen LogP contribution in [0.2, 0.25) is 0 Å². The minimum absolute atomic E-state index is 0.0367. The van der Waals surface area contributed by atoms with E-state index in [0.29, 0.717) is 10.9 Å². The zero-order valence-corrected chi connectivity index (χ0v) is 15.2. The van der Waals surface area contributed by atoms with Gasteiger partial charge in [0.25, 0.3) is 0 Å². The van der Waals surface area contributed by atoms with E-state index in [2.05, 4.69) is 30.3 Å². The van der Waals surface area contributed by atoms with Crippen LogP contribution in [0.3, 0.4) is 0 Å². The molecular formula is C21H27O2S+. The number of hydrogen-bond donors (Lipinski definition) is 0. The van der Waals surface area contributed by atoms with Gasteiger partial charge in [-0.2, -0.15) is 0 Å². The minimum Gasteiger partial charge on any atom is -0.457 e. The molecule has 0 aromatic heterocycles. The summed E-state index contributed by atoms with van der Waals surface area (Å²) in [5, 5.41) is 0. The van der Waals surface area contributed by atoms with Crippen LogP contribution in [-0.4, -0.2) is 17.5 Å². The zero-order valence-electron chi connectivity index (χ0n) is 14.3. The molecule has 1 aromatic carbocycles. The van der Waals surface area contributed by atoms with Crippen LogP contribution >= 0.6 is 0 Å². The fourth-order valence-electron chi connectivity index (χ4n) is 4.29. The molecule has 2 aliphatic carbocycles. The van der Waals surface area contributed by atoms with Crippen LogP contribution in [0.5, 0.6) is 0 Å². The van der Waals surface area contributed by atoms with Crippen LogP contribution in [0.15, 0.2) is 30.3 Å². The molecule has 0 amide bonds. The van der Waals surface area contributed by atoms with Gasteiger partial charge in [0.1, 0.15) is 17.6 Å². The zero-order chi connectivity index (χ0) is 16.4. The number of esters is 1. The van der Waals surface area contributed by atoms with Crippen molar-refractivity contribution in [3.63, 3.8) is 0 Å². The molecule has 0 N–H and O–H groups in total. The third-order valence-electron chi connectivity index (χ3n) is 5.63. The van der Waals surface area contributed by atoms with Crippen LogP contribution in [-0.2, 0) is 20.4 Å². The van der Waals surface area contributed by atoms with Crippen molar-refractivity contribution in [2.75, 3.05) is 11.5 Å². The standard InChI is InChI=1S/C21H27O2S/c22-21(16-8-2-1-3-9-16)23-19-12-13-20(24-14-6-7-15-24)18-11-5-4-10-17(18)19/h4-5,10-11,13,16,19H,1-3,6-9,12,14-15H2/q+1. The highest BCUT2D eigenvalue weighted by molar-refractivity contribution is 8.05. The average Bonchev–Trinajstić information content (AvgIpc) is 3.17. The Kier molecular flexibility index (Phi) is 4.98. The summed E-state index contributed by atoms with van der Waals surface area (Å²) in [4.78, 5) is 14.1. The summed E-state index contributed by atoms with van der Waals surface area (Å²) < 4.78 is 5.99. The van der Waals surface area contributed by atoms with E-state index < -0.39 is 0 Å². The number of hydrogen-bond acceptors (Lipinski definition) is 2. The van der Waals surface area contributed by atoms with Crippen molar-refractivity contribution in [1.82, 2.24) is 0 Å². The normalized spacial score (nSPS) is 25.2. The van der Waals surface area contributed by atoms with E-state index in [1.807, 2.05) is 0 Å². The van der Waals surface area contributed by atoms with E-state index in [9.17, 15) is 4.79 Å². The van der Waals surface area contributed by atoms with Crippen LogP contribution in [0, 0.1) is 5.92 Å². The molecule has 1 aromatic rings. The van der Waals surface area contributed by atoms with Crippen molar-refractivity contribution in [2.45, 2.75) is 57.5 Å². The maximum absolute atomic E-state index is 12.6. The molecule has 0 radical (unpaired) electrons. The highest BCUT2D eigenvalue weighted by Crippen LogP contribution is 2.41. The Labute approximate surface area is 148 Å². The van der Waals surface area contributed by atoms with E-state index in [1.54, 1.807) is 0 Å². The third-order valence-corrected chi connectivity index (χ3v) is 8.20. The summed E-state index contributed by atoms with van der Waals surface area (Å²) in [5.41, 5.74) is 2.58. The van der Waals surface area contributed by atoms with E-state index in [0.717, 1.165) is 19.3 Å². The summed E-state index contributed by atoms with van der Waals surface area (Å²) >= 11 is 0. The van der Waals surface area contributed by atoms with Crippen LogP contribution in [0.1, 0.15) is 68.6 Å². The van der Waals surface area contributed by atoms with Crippen LogP contribution in [0.25, 0.3) is 4.91 Å². The van der Waals surface area contributed by atoms with Crippen LogP contribution in [0.4, 0.5) is 0 Å². The second-order valence-corrected chi connectivity index (χ2v) is 9.50. The monoisotopic (exact) mass is 343 g/mol. The Hall–Kier alpha value is -1.22. The lowest BCUT2D eigenvalue weighted by atomic mass is 9.89. The van der Waals surface area contributed by atoms with Gasteiger partial charge in [-0.1, -0.05) is 37.5 Å². The van der Waals surface area contributed by atoms with Crippen molar-refractivity contribution in [3.05, 3.63) is 41.5 Å². The summed E-state index contributed by atoms with van der Waals surface area (Å²) in [6.07, 6.45) is 11.5. The molecule has 0 bridgehead atoms. The van der Waals surface area contributed by atoms with E-state index in [-0.39, 0.29) is 18.0 Å². The summed E-state index contributed by atoms with van der Waals surface area (Å²) in [6, 6.07) is 8.60. The Morgan fingerprint density at radius 2 is 1.75 bits per heavy atom. The Balaban J connectivity index is 1.52. The number of benzene rings is 1. The molecule has 1 unspecified atom stereocenters. The minimum atomic E-state index is -0.0782. The smallest absolute Gasteiger partial charge is 0.309 e. The summed E-state index contributed by atoms with van der Waals surface area (Å²) in [5.74, 6) is 2.85. The maximum atomic E-state index is 12.6. The van der Waals surface area contributed by atoms with Gasteiger partial charge in [-0.25, -0.2) is 0 Å². The van der Waals surface area contributed by atoms with E-state index >= 15 is 0 Å². The number of carbonyl (C=O) groups is 1. The predicted octanol–water partition coefficient (Wildman–Crippen LogP) is 5.01. The van der Waals surface area contributed by atoms with E-state index in [1.165, 1.54) is 59.6 Å². The summed E-state index contributed by atoms with van der Waals surface area (Å²) in [7, 11) is 0.414. The van der Waals surface area contributed by atoms with Crippen molar-refractivity contribution in [2.24, 2.45) is 5.92 Å². The topological polar surface area (TPSA) is 26.3 Å². The first-order valence-corrected chi connectivity index (χ1v) is 11.1. The largest absolute Gasteiger partial charge is 0.457 e. The fraction of sp³-hybridized carbons (Fsp3) is 0.571. The SMILES string of the molecule is O=C(OC1CC=C([S+]2CCCC2)c2ccccc21)C1CCCCC1. The molecule has 1 aliphatic heterocycles. The van der Waals surface area contributed by atoms with Gasteiger partial charge in [0.05, 0.1) is 5.92 Å². The van der Waals surface area contributed by atoms with Gasteiger partial charge in [-0.05, 0) is 37.8 Å². The van der Waals surface area contributed by atoms with Gasteiger partial charge in [0.2, 0.25) is 0 Å². The molecule has 2 fully saturated rings. The van der Waals surface area contributed by atoms with Crippen molar-refractivity contribution in [1.29, 1.82) is 0 Å². The number of rotatable bonds is 3. The average molecular weight is 344 g/mol. The molecule has 1 atom stereocenters. The molecule has 1 saturated heterocycles. The second kappa shape index (κ2) is 7.35. The molecule has 2 nitrogen and oxygen atoms in total. The second-order valence-electron chi connectivity index (χ2n) is 7.26. The Morgan fingerprint density at radius 1 is 1.00 bits per heavy atom. The van der Waals surface area contributed by atoms with Gasteiger partial charge in [-0.15, -0.1) is 0 Å². The molecule has 3 aliphatic rings. The molecule has 1 heterocycles. The van der Waals surface area contributed by atoms with Gasteiger partial charge < -0.3 is 4.74 Å². The first-order chi connectivity index (χ1) is 11.8. The first-order valence-electron chi connectivity index (χ1n) is 9.50. The van der Waals surface area contributed by atoms with Crippen LogP contribution < -0.4 is 0 Å². The summed E-state index contributed by atoms with van der Waals surface area (Å²) in [6.45, 7) is 0. The molecule has 1 saturated carbocycles. The molecule has 24 heavy (non-hydrogen) atoms. The third kappa shape index (κ3) is 3.28. The molecule has 128 valence electrons. The predicted molar refractivity (Wildman–Crippen MR) is 101 cm³/mol. The lowest BCUT2D eigenvalue weighted by molar-refractivity contribution is -0.155.